The fourth-order valence-corrected chi connectivity index (χ4v) is 3.62. The summed E-state index contributed by atoms with van der Waals surface area (Å²) in [6.45, 7) is 7.76. The van der Waals surface area contributed by atoms with Gasteiger partial charge in [-0.3, -0.25) is 4.79 Å². The standard InChI is InChI=1S/C19H27FN4O/c1-3-24-11-5-9-19(2,13-24)18(25)21-10-4-6-17-22-15-8-7-14(20)12-16(15)23-17/h7-8,12H,3-6,9-11,13H2,1-2H3,(H,21,25)(H,22,23)/t19-/m0/s1. The number of aromatic nitrogens is 2. The molecule has 1 aromatic heterocycles. The lowest BCUT2D eigenvalue weighted by molar-refractivity contribution is -0.133. The second-order valence-corrected chi connectivity index (χ2v) is 7.24. The molecule has 2 aromatic rings. The molecule has 1 fully saturated rings. The van der Waals surface area contributed by atoms with E-state index in [0.29, 0.717) is 12.1 Å². The van der Waals surface area contributed by atoms with Crippen LogP contribution in [0.4, 0.5) is 4.39 Å². The Morgan fingerprint density at radius 2 is 2.32 bits per heavy atom. The van der Waals surface area contributed by atoms with Crippen molar-refractivity contribution in [3.8, 4) is 0 Å². The van der Waals surface area contributed by atoms with Gasteiger partial charge in [0.15, 0.2) is 0 Å². The first-order valence-electron chi connectivity index (χ1n) is 9.15. The minimum Gasteiger partial charge on any atom is -0.356 e. The summed E-state index contributed by atoms with van der Waals surface area (Å²) in [6.07, 6.45) is 3.56. The molecule has 1 amide bonds. The Bertz CT molecular complexity index is 744. The predicted molar refractivity (Wildman–Crippen MR) is 96.8 cm³/mol. The SMILES string of the molecule is CCN1CCC[C@](C)(C(=O)NCCCc2nc3ccc(F)cc3[nH]2)C1. The average molecular weight is 346 g/mol. The van der Waals surface area contributed by atoms with E-state index in [1.807, 2.05) is 0 Å². The highest BCUT2D eigenvalue weighted by Gasteiger charge is 2.36. The molecular weight excluding hydrogens is 319 g/mol. The van der Waals surface area contributed by atoms with Crippen molar-refractivity contribution in [2.75, 3.05) is 26.2 Å². The van der Waals surface area contributed by atoms with Gasteiger partial charge in [-0.25, -0.2) is 9.37 Å². The molecule has 1 aromatic carbocycles. The molecule has 1 aliphatic heterocycles. The topological polar surface area (TPSA) is 61.0 Å². The van der Waals surface area contributed by atoms with Crippen LogP contribution in [0.2, 0.25) is 0 Å². The van der Waals surface area contributed by atoms with Crippen LogP contribution >= 0.6 is 0 Å². The Balaban J connectivity index is 1.48. The van der Waals surface area contributed by atoms with Gasteiger partial charge in [0.1, 0.15) is 11.6 Å². The van der Waals surface area contributed by atoms with Crippen molar-refractivity contribution in [2.45, 2.75) is 39.5 Å². The third kappa shape index (κ3) is 4.18. The van der Waals surface area contributed by atoms with Crippen molar-refractivity contribution in [1.82, 2.24) is 20.2 Å². The molecule has 0 spiro atoms. The van der Waals surface area contributed by atoms with Crippen LogP contribution in [0.25, 0.3) is 11.0 Å². The minimum absolute atomic E-state index is 0.150. The molecule has 0 radical (unpaired) electrons. The van der Waals surface area contributed by atoms with E-state index >= 15 is 0 Å². The average Bonchev–Trinajstić information content (AvgIpc) is 3.00. The Hall–Kier alpha value is -1.95. The van der Waals surface area contributed by atoms with E-state index in [1.54, 1.807) is 6.07 Å². The van der Waals surface area contributed by atoms with Crippen LogP contribution in [0.1, 0.15) is 38.9 Å². The summed E-state index contributed by atoms with van der Waals surface area (Å²) in [5.41, 5.74) is 1.20. The zero-order valence-corrected chi connectivity index (χ0v) is 15.1. The Morgan fingerprint density at radius 3 is 3.12 bits per heavy atom. The zero-order chi connectivity index (χ0) is 17.9. The van der Waals surface area contributed by atoms with E-state index in [0.717, 1.165) is 56.7 Å². The second kappa shape index (κ2) is 7.52. The fraction of sp³-hybridized carbons (Fsp3) is 0.579. The number of nitrogens with one attached hydrogen (secondary N) is 2. The van der Waals surface area contributed by atoms with Crippen LogP contribution in [0.15, 0.2) is 18.2 Å². The number of fused-ring (bicyclic) bond motifs is 1. The molecule has 2 N–H and O–H groups in total. The third-order valence-corrected chi connectivity index (χ3v) is 5.14. The first-order valence-corrected chi connectivity index (χ1v) is 9.15. The summed E-state index contributed by atoms with van der Waals surface area (Å²) in [7, 11) is 0. The van der Waals surface area contributed by atoms with E-state index in [1.165, 1.54) is 12.1 Å². The molecular formula is C19H27FN4O. The molecule has 3 rings (SSSR count). The van der Waals surface area contributed by atoms with Crippen molar-refractivity contribution in [2.24, 2.45) is 5.41 Å². The molecule has 25 heavy (non-hydrogen) atoms. The van der Waals surface area contributed by atoms with E-state index in [4.69, 9.17) is 0 Å². The molecule has 136 valence electrons. The van der Waals surface area contributed by atoms with Gasteiger partial charge in [0.05, 0.1) is 16.4 Å². The van der Waals surface area contributed by atoms with E-state index < -0.39 is 0 Å². The maximum absolute atomic E-state index is 13.2. The zero-order valence-electron chi connectivity index (χ0n) is 15.1. The van der Waals surface area contributed by atoms with Gasteiger partial charge in [0, 0.05) is 19.5 Å². The lowest BCUT2D eigenvalue weighted by Gasteiger charge is -2.38. The first-order chi connectivity index (χ1) is 12.0. The lowest BCUT2D eigenvalue weighted by atomic mass is 9.81. The number of carbonyl (C=O) groups excluding carboxylic acids is 1. The number of imidazole rings is 1. The first kappa shape index (κ1) is 17.9. The molecule has 0 saturated carbocycles. The van der Waals surface area contributed by atoms with Gasteiger partial charge in [-0.1, -0.05) is 6.92 Å². The normalized spacial score (nSPS) is 21.6. The molecule has 1 atom stereocenters. The maximum Gasteiger partial charge on any atom is 0.227 e. The molecule has 1 saturated heterocycles. The van der Waals surface area contributed by atoms with Gasteiger partial charge < -0.3 is 15.2 Å². The molecule has 5 nitrogen and oxygen atoms in total. The molecule has 6 heteroatoms. The Labute approximate surface area is 148 Å². The van der Waals surface area contributed by atoms with Crippen LogP contribution in [0.5, 0.6) is 0 Å². The van der Waals surface area contributed by atoms with Crippen molar-refractivity contribution in [3.05, 3.63) is 29.8 Å². The van der Waals surface area contributed by atoms with Crippen LogP contribution in [-0.2, 0) is 11.2 Å². The van der Waals surface area contributed by atoms with E-state index in [9.17, 15) is 9.18 Å². The molecule has 0 aliphatic carbocycles. The van der Waals surface area contributed by atoms with Gasteiger partial charge in [0.25, 0.3) is 0 Å². The van der Waals surface area contributed by atoms with Crippen LogP contribution < -0.4 is 5.32 Å². The number of piperidine rings is 1. The van der Waals surface area contributed by atoms with Crippen molar-refractivity contribution < 1.29 is 9.18 Å². The number of amides is 1. The van der Waals surface area contributed by atoms with Crippen LogP contribution in [0, 0.1) is 11.2 Å². The summed E-state index contributed by atoms with van der Waals surface area (Å²) in [5.74, 6) is 0.713. The molecule has 0 unspecified atom stereocenters. The molecule has 2 heterocycles. The number of benzene rings is 1. The summed E-state index contributed by atoms with van der Waals surface area (Å²) in [5, 5.41) is 3.08. The number of rotatable bonds is 6. The molecule has 0 bridgehead atoms. The Morgan fingerprint density at radius 1 is 1.48 bits per heavy atom. The molecule has 1 aliphatic rings. The third-order valence-electron chi connectivity index (χ3n) is 5.14. The van der Waals surface area contributed by atoms with Gasteiger partial charge in [-0.05, 0) is 57.5 Å². The van der Waals surface area contributed by atoms with E-state index in [-0.39, 0.29) is 17.1 Å². The number of carbonyl (C=O) groups is 1. The second-order valence-electron chi connectivity index (χ2n) is 7.24. The quantitative estimate of drug-likeness (QED) is 0.791. The minimum atomic E-state index is -0.287. The van der Waals surface area contributed by atoms with Crippen LogP contribution in [0.3, 0.4) is 0 Å². The largest absolute Gasteiger partial charge is 0.356 e. The number of H-pyrrole nitrogens is 1. The summed E-state index contributed by atoms with van der Waals surface area (Å²) < 4.78 is 13.2. The number of aromatic amines is 1. The fourth-order valence-electron chi connectivity index (χ4n) is 3.62. The number of likely N-dealkylation sites (tertiary alicyclic amines) is 1. The van der Waals surface area contributed by atoms with Crippen molar-refractivity contribution in [1.29, 1.82) is 0 Å². The highest BCUT2D eigenvalue weighted by atomic mass is 19.1. The Kier molecular flexibility index (Phi) is 5.37. The number of nitrogens with zero attached hydrogens (tertiary/aromatic N) is 2. The number of hydrogen-bond donors (Lipinski definition) is 2. The maximum atomic E-state index is 13.2. The number of halogens is 1. The van der Waals surface area contributed by atoms with E-state index in [2.05, 4.69) is 34.0 Å². The van der Waals surface area contributed by atoms with Gasteiger partial charge in [-0.2, -0.15) is 0 Å². The van der Waals surface area contributed by atoms with Crippen molar-refractivity contribution >= 4 is 16.9 Å². The highest BCUT2D eigenvalue weighted by molar-refractivity contribution is 5.82. The summed E-state index contributed by atoms with van der Waals surface area (Å²) in [4.78, 5) is 22.5. The van der Waals surface area contributed by atoms with Gasteiger partial charge >= 0.3 is 0 Å². The monoisotopic (exact) mass is 346 g/mol. The predicted octanol–water partition coefficient (Wildman–Crippen LogP) is 2.87. The van der Waals surface area contributed by atoms with Gasteiger partial charge in [0.2, 0.25) is 5.91 Å². The lowest BCUT2D eigenvalue weighted by Crippen LogP contribution is -2.50. The number of aryl methyl sites for hydroxylation is 1. The number of hydrogen-bond acceptors (Lipinski definition) is 3. The smallest absolute Gasteiger partial charge is 0.227 e. The summed E-state index contributed by atoms with van der Waals surface area (Å²) >= 11 is 0. The highest BCUT2D eigenvalue weighted by Crippen LogP contribution is 2.29. The van der Waals surface area contributed by atoms with Crippen LogP contribution in [-0.4, -0.2) is 47.0 Å². The van der Waals surface area contributed by atoms with Crippen molar-refractivity contribution in [3.63, 3.8) is 0 Å². The summed E-state index contributed by atoms with van der Waals surface area (Å²) in [6, 6.07) is 4.55. The van der Waals surface area contributed by atoms with Gasteiger partial charge in [-0.15, -0.1) is 0 Å².